The summed E-state index contributed by atoms with van der Waals surface area (Å²) in [5, 5.41) is 13.2. The number of hydrogen-bond donors (Lipinski definition) is 2. The highest BCUT2D eigenvalue weighted by Crippen LogP contribution is 2.33. The molecule has 0 aliphatic rings. The Morgan fingerprint density at radius 2 is 1.82 bits per heavy atom. The third kappa shape index (κ3) is 5.96. The number of ketones is 1. The molecule has 11 nitrogen and oxygen atoms in total. The number of methoxy groups -OCH3 is 1. The molecule has 0 amide bonds. The number of aliphatic hydroxyl groups is 1. The minimum absolute atomic E-state index is 0.00698. The largest absolute Gasteiger partial charge is 0.495 e. The molecule has 0 saturated carbocycles. The van der Waals surface area contributed by atoms with Crippen molar-refractivity contribution in [3.63, 3.8) is 0 Å². The predicted molar refractivity (Wildman–Crippen MR) is 153 cm³/mol. The lowest BCUT2D eigenvalue weighted by Gasteiger charge is -2.15. The number of benzene rings is 2. The van der Waals surface area contributed by atoms with Gasteiger partial charge in [-0.05, 0) is 17.7 Å². The highest BCUT2D eigenvalue weighted by atomic mass is 32.2. The number of alkyl halides is 2. The van der Waals surface area contributed by atoms with Crippen LogP contribution < -0.4 is 10.1 Å². The molecule has 1 unspecified atom stereocenters. The minimum atomic E-state index is -3.82. The summed E-state index contributed by atoms with van der Waals surface area (Å²) in [5.74, 6) is -2.25. The van der Waals surface area contributed by atoms with Crippen molar-refractivity contribution in [3.8, 4) is 5.75 Å². The molecule has 0 bridgehead atoms. The monoisotopic (exact) mass is 626 g/mol. The van der Waals surface area contributed by atoms with Gasteiger partial charge in [0.2, 0.25) is 5.95 Å². The smallest absolute Gasteiger partial charge is 0.278 e. The molecule has 0 radical (unpaired) electrons. The van der Waals surface area contributed by atoms with E-state index >= 15 is 4.39 Å². The van der Waals surface area contributed by atoms with Crippen molar-refractivity contribution in [1.29, 1.82) is 0 Å². The molecule has 0 spiro atoms. The van der Waals surface area contributed by atoms with Gasteiger partial charge < -0.3 is 19.7 Å². The number of carbonyl (C=O) groups excluding carboxylic acids is 1. The van der Waals surface area contributed by atoms with E-state index in [1.54, 1.807) is 18.2 Å². The summed E-state index contributed by atoms with van der Waals surface area (Å²) >= 11 is 0. The molecule has 1 atom stereocenters. The van der Waals surface area contributed by atoms with Crippen LogP contribution in [0.5, 0.6) is 5.75 Å². The summed E-state index contributed by atoms with van der Waals surface area (Å²) in [7, 11) is -2.53. The average molecular weight is 627 g/mol. The lowest BCUT2D eigenvalue weighted by Crippen LogP contribution is -2.15. The summed E-state index contributed by atoms with van der Waals surface area (Å²) < 4.78 is 75.0. The van der Waals surface area contributed by atoms with Gasteiger partial charge in [-0.1, -0.05) is 37.3 Å². The van der Waals surface area contributed by atoms with Crippen molar-refractivity contribution in [2.24, 2.45) is 0 Å². The van der Waals surface area contributed by atoms with Gasteiger partial charge in [-0.15, -0.1) is 0 Å². The average Bonchev–Trinajstić information content (AvgIpc) is 3.39. The Morgan fingerprint density at radius 1 is 1.09 bits per heavy atom. The molecule has 0 aliphatic carbocycles. The number of aliphatic hydroxyl groups excluding tert-OH is 1. The van der Waals surface area contributed by atoms with E-state index in [-0.39, 0.29) is 57.0 Å². The number of sulfone groups is 1. The Kier molecular flexibility index (Phi) is 8.60. The van der Waals surface area contributed by atoms with Crippen LogP contribution in [0.3, 0.4) is 0 Å². The van der Waals surface area contributed by atoms with Crippen LogP contribution in [-0.2, 0) is 16.4 Å². The molecule has 3 aromatic heterocycles. The fraction of sp³-hybridized carbons (Fsp3) is 0.207. The van der Waals surface area contributed by atoms with E-state index in [0.717, 1.165) is 16.7 Å². The molecule has 5 rings (SSSR count). The van der Waals surface area contributed by atoms with E-state index in [1.807, 2.05) is 0 Å². The molecule has 5 aromatic rings. The minimum Gasteiger partial charge on any atom is -0.495 e. The Balaban J connectivity index is 1.52. The zero-order chi connectivity index (χ0) is 31.6. The first-order valence-electron chi connectivity index (χ1n) is 13.1. The number of halogens is 3. The van der Waals surface area contributed by atoms with Gasteiger partial charge in [0.1, 0.15) is 23.3 Å². The Hall–Kier alpha value is -4.89. The first-order valence-corrected chi connectivity index (χ1v) is 14.8. The van der Waals surface area contributed by atoms with Gasteiger partial charge in [-0.25, -0.2) is 31.6 Å². The lowest BCUT2D eigenvalue weighted by atomic mass is 9.99. The molecule has 15 heteroatoms. The number of nitrogens with one attached hydrogen (secondary N) is 1. The van der Waals surface area contributed by atoms with Gasteiger partial charge in [-0.2, -0.15) is 4.98 Å². The van der Waals surface area contributed by atoms with E-state index < -0.39 is 45.2 Å². The first kappa shape index (κ1) is 30.6. The normalized spacial score (nSPS) is 12.4. The zero-order valence-electron chi connectivity index (χ0n) is 23.3. The number of anilines is 2. The number of Topliss-reactive ketones (excluding diaryl/α,β-unsaturated/α-hetero) is 1. The number of ether oxygens (including phenoxy) is 1. The standard InChI is InChI=1S/C29H25F3N6O5S/c1-3-44(41,42)28-21(33-9-10-34-28)15-38-22(26(31)32)11-17-14-35-29(37-27(17)38)36-20-13-19(30)18(12-23(20)43-2)25(40)24(39)16-7-5-4-6-8-16/h4-14,24,26,39H,3,15H2,1-2H3,(H,35,36,37). The Morgan fingerprint density at radius 3 is 2.50 bits per heavy atom. The van der Waals surface area contributed by atoms with Crippen LogP contribution in [0.25, 0.3) is 11.0 Å². The zero-order valence-corrected chi connectivity index (χ0v) is 24.1. The number of fused-ring (bicyclic) bond motifs is 1. The third-order valence-corrected chi connectivity index (χ3v) is 8.46. The van der Waals surface area contributed by atoms with Crippen molar-refractivity contribution in [2.45, 2.75) is 31.0 Å². The number of rotatable bonds is 11. The van der Waals surface area contributed by atoms with Crippen LogP contribution in [0.2, 0.25) is 0 Å². The molecule has 3 heterocycles. The van der Waals surface area contributed by atoms with Crippen LogP contribution >= 0.6 is 0 Å². The summed E-state index contributed by atoms with van der Waals surface area (Å²) in [4.78, 5) is 29.4. The van der Waals surface area contributed by atoms with Gasteiger partial charge >= 0.3 is 0 Å². The molecule has 2 aromatic carbocycles. The van der Waals surface area contributed by atoms with Crippen LogP contribution in [0.4, 0.5) is 24.8 Å². The molecule has 2 N–H and O–H groups in total. The second kappa shape index (κ2) is 12.4. The van der Waals surface area contributed by atoms with E-state index in [9.17, 15) is 27.1 Å². The Bertz CT molecular complexity index is 1950. The quantitative estimate of drug-likeness (QED) is 0.196. The predicted octanol–water partition coefficient (Wildman–Crippen LogP) is 4.81. The first-order chi connectivity index (χ1) is 21.0. The van der Waals surface area contributed by atoms with E-state index in [0.29, 0.717) is 0 Å². The molecular weight excluding hydrogens is 601 g/mol. The number of hydrogen-bond acceptors (Lipinski definition) is 10. The SMILES string of the molecule is CCS(=O)(=O)c1nccnc1Cn1c(C(F)F)cc2cnc(Nc3cc(F)c(C(=O)C(O)c4ccccc4)cc3OC)nc21. The molecular formula is C29H25F3N6O5S. The maximum atomic E-state index is 15.2. The maximum absolute atomic E-state index is 15.2. The van der Waals surface area contributed by atoms with Crippen LogP contribution in [0.1, 0.15) is 46.8 Å². The summed E-state index contributed by atoms with van der Waals surface area (Å²) in [6.07, 6.45) is -0.836. The van der Waals surface area contributed by atoms with Crippen molar-refractivity contribution < 1.29 is 36.2 Å². The molecule has 228 valence electrons. The van der Waals surface area contributed by atoms with Gasteiger partial charge in [0.05, 0.1) is 42.0 Å². The second-order valence-corrected chi connectivity index (χ2v) is 11.7. The van der Waals surface area contributed by atoms with Crippen molar-refractivity contribution in [1.82, 2.24) is 24.5 Å². The number of carbonyl (C=O) groups is 1. The molecule has 0 aliphatic heterocycles. The van der Waals surface area contributed by atoms with Crippen LogP contribution in [-0.4, -0.2) is 56.7 Å². The Labute approximate surface area is 249 Å². The molecule has 0 fully saturated rings. The van der Waals surface area contributed by atoms with Gasteiger partial charge in [0.15, 0.2) is 20.6 Å². The number of aromatic nitrogens is 5. The van der Waals surface area contributed by atoms with E-state index in [1.165, 1.54) is 50.8 Å². The molecule has 0 saturated heterocycles. The lowest BCUT2D eigenvalue weighted by molar-refractivity contribution is 0.0742. The van der Waals surface area contributed by atoms with Crippen LogP contribution in [0.15, 0.2) is 72.1 Å². The van der Waals surface area contributed by atoms with Gasteiger partial charge in [0, 0.05) is 30.0 Å². The van der Waals surface area contributed by atoms with Gasteiger partial charge in [-0.3, -0.25) is 9.78 Å². The maximum Gasteiger partial charge on any atom is 0.278 e. The fourth-order valence-electron chi connectivity index (χ4n) is 4.54. The van der Waals surface area contributed by atoms with Crippen molar-refractivity contribution in [2.75, 3.05) is 18.2 Å². The van der Waals surface area contributed by atoms with Crippen LogP contribution in [0, 0.1) is 5.82 Å². The highest BCUT2D eigenvalue weighted by Gasteiger charge is 2.26. The second-order valence-electron chi connectivity index (χ2n) is 9.48. The topological polar surface area (TPSA) is 149 Å². The van der Waals surface area contributed by atoms with Crippen molar-refractivity contribution in [3.05, 3.63) is 95.5 Å². The fourth-order valence-corrected chi connectivity index (χ4v) is 5.51. The summed E-state index contributed by atoms with van der Waals surface area (Å²) in [5.41, 5.74) is -0.624. The third-order valence-electron chi connectivity index (χ3n) is 6.77. The summed E-state index contributed by atoms with van der Waals surface area (Å²) in [6, 6.07) is 11.3. The van der Waals surface area contributed by atoms with E-state index in [2.05, 4.69) is 25.3 Å². The van der Waals surface area contributed by atoms with Crippen molar-refractivity contribution >= 4 is 38.3 Å². The number of nitrogens with zero attached hydrogens (tertiary/aromatic N) is 5. The van der Waals surface area contributed by atoms with E-state index in [4.69, 9.17) is 4.74 Å². The van der Waals surface area contributed by atoms with Gasteiger partial charge in [0.25, 0.3) is 6.43 Å². The summed E-state index contributed by atoms with van der Waals surface area (Å²) in [6.45, 7) is 1.04. The molecule has 44 heavy (non-hydrogen) atoms. The highest BCUT2D eigenvalue weighted by molar-refractivity contribution is 7.91.